The SMILES string of the molecule is COc1cccc(N2CCN(C(C)C(=O)Nc3ccc(F)cc3)CC2)c1. The second kappa shape index (κ2) is 8.19. The second-order valence-corrected chi connectivity index (χ2v) is 6.40. The third-order valence-electron chi connectivity index (χ3n) is 4.77. The Balaban J connectivity index is 1.55. The number of amides is 1. The standard InChI is InChI=1S/C20H24FN3O2/c1-15(20(25)22-17-8-6-16(21)7-9-17)23-10-12-24(13-11-23)18-4-3-5-19(14-18)26-2/h3-9,14-15H,10-13H2,1-2H3,(H,22,25). The minimum absolute atomic E-state index is 0.0774. The molecular formula is C20H24FN3O2. The topological polar surface area (TPSA) is 44.8 Å². The predicted molar refractivity (Wildman–Crippen MR) is 101 cm³/mol. The molecule has 1 N–H and O–H groups in total. The van der Waals surface area contributed by atoms with Gasteiger partial charge in [-0.05, 0) is 43.3 Å². The van der Waals surface area contributed by atoms with Gasteiger partial charge in [-0.15, -0.1) is 0 Å². The molecule has 0 bridgehead atoms. The summed E-state index contributed by atoms with van der Waals surface area (Å²) in [7, 11) is 1.67. The van der Waals surface area contributed by atoms with E-state index in [-0.39, 0.29) is 17.8 Å². The number of carbonyl (C=O) groups excluding carboxylic acids is 1. The molecule has 0 spiro atoms. The molecule has 6 heteroatoms. The number of hydrogen-bond acceptors (Lipinski definition) is 4. The highest BCUT2D eigenvalue weighted by Gasteiger charge is 2.25. The lowest BCUT2D eigenvalue weighted by atomic mass is 10.2. The van der Waals surface area contributed by atoms with Gasteiger partial charge in [0.05, 0.1) is 13.2 Å². The van der Waals surface area contributed by atoms with Crippen LogP contribution in [-0.2, 0) is 4.79 Å². The van der Waals surface area contributed by atoms with Crippen molar-refractivity contribution >= 4 is 17.3 Å². The molecule has 2 aromatic rings. The summed E-state index contributed by atoms with van der Waals surface area (Å²) in [6, 6.07) is 13.6. The average molecular weight is 357 g/mol. The summed E-state index contributed by atoms with van der Waals surface area (Å²) >= 11 is 0. The largest absolute Gasteiger partial charge is 0.497 e. The number of halogens is 1. The third-order valence-corrected chi connectivity index (χ3v) is 4.77. The molecule has 0 radical (unpaired) electrons. The van der Waals surface area contributed by atoms with Crippen molar-refractivity contribution in [3.63, 3.8) is 0 Å². The van der Waals surface area contributed by atoms with E-state index in [0.29, 0.717) is 5.69 Å². The number of rotatable bonds is 5. The Bertz CT molecular complexity index is 743. The normalized spacial score (nSPS) is 16.2. The molecule has 0 aromatic heterocycles. The van der Waals surface area contributed by atoms with E-state index in [9.17, 15) is 9.18 Å². The molecule has 138 valence electrons. The number of hydrogen-bond donors (Lipinski definition) is 1. The van der Waals surface area contributed by atoms with E-state index in [1.807, 2.05) is 25.1 Å². The van der Waals surface area contributed by atoms with Gasteiger partial charge in [0.25, 0.3) is 0 Å². The average Bonchev–Trinajstić information content (AvgIpc) is 2.69. The maximum absolute atomic E-state index is 13.0. The zero-order chi connectivity index (χ0) is 18.5. The van der Waals surface area contributed by atoms with Crippen LogP contribution in [0.15, 0.2) is 48.5 Å². The van der Waals surface area contributed by atoms with Gasteiger partial charge in [-0.1, -0.05) is 6.07 Å². The van der Waals surface area contributed by atoms with Gasteiger partial charge in [0.2, 0.25) is 5.91 Å². The lowest BCUT2D eigenvalue weighted by Gasteiger charge is -2.38. The van der Waals surface area contributed by atoms with Crippen LogP contribution in [0.3, 0.4) is 0 Å². The van der Waals surface area contributed by atoms with Crippen LogP contribution in [0.5, 0.6) is 5.75 Å². The summed E-state index contributed by atoms with van der Waals surface area (Å²) in [5, 5.41) is 2.85. The Hall–Kier alpha value is -2.60. The van der Waals surface area contributed by atoms with E-state index in [1.165, 1.54) is 12.1 Å². The molecule has 1 atom stereocenters. The van der Waals surface area contributed by atoms with Gasteiger partial charge in [0.15, 0.2) is 0 Å². The van der Waals surface area contributed by atoms with Crippen molar-refractivity contribution in [2.45, 2.75) is 13.0 Å². The summed E-state index contributed by atoms with van der Waals surface area (Å²) < 4.78 is 18.3. The van der Waals surface area contributed by atoms with E-state index in [2.05, 4.69) is 21.2 Å². The van der Waals surface area contributed by atoms with Crippen molar-refractivity contribution in [2.24, 2.45) is 0 Å². The van der Waals surface area contributed by atoms with Crippen LogP contribution in [0.2, 0.25) is 0 Å². The third kappa shape index (κ3) is 4.32. The number of nitrogens with one attached hydrogen (secondary N) is 1. The zero-order valence-electron chi connectivity index (χ0n) is 15.1. The first-order valence-electron chi connectivity index (χ1n) is 8.76. The Morgan fingerprint density at radius 3 is 2.46 bits per heavy atom. The van der Waals surface area contributed by atoms with Crippen molar-refractivity contribution in [1.29, 1.82) is 0 Å². The molecule has 26 heavy (non-hydrogen) atoms. The van der Waals surface area contributed by atoms with Gasteiger partial charge in [0.1, 0.15) is 11.6 Å². The molecular weight excluding hydrogens is 333 g/mol. The zero-order valence-corrected chi connectivity index (χ0v) is 15.1. The predicted octanol–water partition coefficient (Wildman–Crippen LogP) is 2.98. The van der Waals surface area contributed by atoms with Gasteiger partial charge >= 0.3 is 0 Å². The summed E-state index contributed by atoms with van der Waals surface area (Å²) in [5.74, 6) is 0.452. The molecule has 1 aliphatic heterocycles. The number of nitrogens with zero attached hydrogens (tertiary/aromatic N) is 2. The number of ether oxygens (including phenoxy) is 1. The van der Waals surface area contributed by atoms with Crippen LogP contribution in [0.25, 0.3) is 0 Å². The monoisotopic (exact) mass is 357 g/mol. The molecule has 0 aliphatic carbocycles. The van der Waals surface area contributed by atoms with Crippen LogP contribution in [0, 0.1) is 5.82 Å². The smallest absolute Gasteiger partial charge is 0.241 e. The van der Waals surface area contributed by atoms with Gasteiger partial charge < -0.3 is 15.0 Å². The van der Waals surface area contributed by atoms with Crippen LogP contribution in [0.1, 0.15) is 6.92 Å². The van der Waals surface area contributed by atoms with Crippen LogP contribution in [0.4, 0.5) is 15.8 Å². The fraction of sp³-hybridized carbons (Fsp3) is 0.350. The van der Waals surface area contributed by atoms with Crippen molar-refractivity contribution in [3.8, 4) is 5.75 Å². The molecule has 0 saturated carbocycles. The Labute approximate surface area is 153 Å². The van der Waals surface area contributed by atoms with Crippen LogP contribution < -0.4 is 15.0 Å². The number of carbonyl (C=O) groups is 1. The fourth-order valence-electron chi connectivity index (χ4n) is 3.12. The van der Waals surface area contributed by atoms with Crippen molar-refractivity contribution in [3.05, 3.63) is 54.3 Å². The minimum atomic E-state index is -0.315. The van der Waals surface area contributed by atoms with E-state index in [0.717, 1.165) is 37.6 Å². The van der Waals surface area contributed by atoms with Crippen molar-refractivity contribution in [2.75, 3.05) is 43.5 Å². The van der Waals surface area contributed by atoms with Gasteiger partial charge in [-0.3, -0.25) is 9.69 Å². The quantitative estimate of drug-likeness (QED) is 0.894. The first kappa shape index (κ1) is 18.2. The van der Waals surface area contributed by atoms with Gasteiger partial charge in [-0.25, -0.2) is 4.39 Å². The number of benzene rings is 2. The highest BCUT2D eigenvalue weighted by atomic mass is 19.1. The van der Waals surface area contributed by atoms with E-state index in [1.54, 1.807) is 19.2 Å². The van der Waals surface area contributed by atoms with Gasteiger partial charge in [-0.2, -0.15) is 0 Å². The highest BCUT2D eigenvalue weighted by molar-refractivity contribution is 5.94. The first-order chi connectivity index (χ1) is 12.6. The maximum Gasteiger partial charge on any atom is 0.241 e. The van der Waals surface area contributed by atoms with E-state index >= 15 is 0 Å². The molecule has 2 aromatic carbocycles. The maximum atomic E-state index is 13.0. The lowest BCUT2D eigenvalue weighted by molar-refractivity contribution is -0.120. The number of piperazine rings is 1. The molecule has 1 fully saturated rings. The molecule has 1 heterocycles. The Morgan fingerprint density at radius 2 is 1.81 bits per heavy atom. The van der Waals surface area contributed by atoms with E-state index < -0.39 is 0 Å². The summed E-state index contributed by atoms with van der Waals surface area (Å²) in [5.41, 5.74) is 1.74. The molecule has 3 rings (SSSR count). The fourth-order valence-corrected chi connectivity index (χ4v) is 3.12. The summed E-state index contributed by atoms with van der Waals surface area (Å²) in [4.78, 5) is 16.9. The van der Waals surface area contributed by atoms with Gasteiger partial charge in [0, 0.05) is 43.6 Å². The number of methoxy groups -OCH3 is 1. The summed E-state index contributed by atoms with van der Waals surface area (Å²) in [6.07, 6.45) is 0. The van der Waals surface area contributed by atoms with Crippen molar-refractivity contribution < 1.29 is 13.9 Å². The van der Waals surface area contributed by atoms with Crippen LogP contribution >= 0.6 is 0 Å². The second-order valence-electron chi connectivity index (χ2n) is 6.40. The molecule has 1 saturated heterocycles. The summed E-state index contributed by atoms with van der Waals surface area (Å²) in [6.45, 7) is 5.20. The Kier molecular flexibility index (Phi) is 5.73. The van der Waals surface area contributed by atoms with Crippen molar-refractivity contribution in [1.82, 2.24) is 4.90 Å². The molecule has 1 amide bonds. The number of anilines is 2. The Morgan fingerprint density at radius 1 is 1.12 bits per heavy atom. The first-order valence-corrected chi connectivity index (χ1v) is 8.76. The minimum Gasteiger partial charge on any atom is -0.497 e. The van der Waals surface area contributed by atoms with E-state index in [4.69, 9.17) is 4.74 Å². The molecule has 5 nitrogen and oxygen atoms in total. The lowest BCUT2D eigenvalue weighted by Crippen LogP contribution is -2.52. The highest BCUT2D eigenvalue weighted by Crippen LogP contribution is 2.22. The molecule has 1 aliphatic rings. The molecule has 1 unspecified atom stereocenters. The van der Waals surface area contributed by atoms with Crippen LogP contribution in [-0.4, -0.2) is 50.1 Å².